The maximum atomic E-state index is 11.7. The third-order valence-electron chi connectivity index (χ3n) is 4.52. The second-order valence-electron chi connectivity index (χ2n) is 6.61. The van der Waals surface area contributed by atoms with Crippen LogP contribution in [0.2, 0.25) is 0 Å². The molecule has 2 aromatic carbocycles. The molecule has 8 heteroatoms. The zero-order valence-corrected chi connectivity index (χ0v) is 15.6. The molecule has 3 N–H and O–H groups in total. The number of carbonyl (C=O) groups is 2. The molecule has 28 heavy (non-hydrogen) atoms. The van der Waals surface area contributed by atoms with Gasteiger partial charge in [-0.1, -0.05) is 36.4 Å². The summed E-state index contributed by atoms with van der Waals surface area (Å²) in [5.41, 5.74) is 0. The maximum Gasteiger partial charge on any atom is 0.303 e. The van der Waals surface area contributed by atoms with Crippen LogP contribution in [0.5, 0.6) is 5.75 Å². The molecular weight excluding hydrogens is 366 g/mol. The highest BCUT2D eigenvalue weighted by molar-refractivity contribution is 5.88. The zero-order valence-electron chi connectivity index (χ0n) is 15.6. The van der Waals surface area contributed by atoms with E-state index in [1.54, 1.807) is 6.07 Å². The van der Waals surface area contributed by atoms with Gasteiger partial charge in [0.2, 0.25) is 12.2 Å². The lowest BCUT2D eigenvalue weighted by Crippen LogP contribution is -2.66. The smallest absolute Gasteiger partial charge is 0.303 e. The number of nitrogens with one attached hydrogen (secondary N) is 1. The van der Waals surface area contributed by atoms with E-state index in [2.05, 4.69) is 5.32 Å². The summed E-state index contributed by atoms with van der Waals surface area (Å²) in [5, 5.41) is 24.4. The molecular formula is C20H23NO7. The van der Waals surface area contributed by atoms with E-state index in [9.17, 15) is 19.8 Å². The first-order valence-corrected chi connectivity index (χ1v) is 8.94. The molecule has 2 aromatic rings. The van der Waals surface area contributed by atoms with Crippen molar-refractivity contribution in [2.24, 2.45) is 0 Å². The second-order valence-corrected chi connectivity index (χ2v) is 6.61. The van der Waals surface area contributed by atoms with Crippen molar-refractivity contribution in [3.63, 3.8) is 0 Å². The fourth-order valence-electron chi connectivity index (χ4n) is 3.31. The average Bonchev–Trinajstić information content (AvgIpc) is 2.66. The summed E-state index contributed by atoms with van der Waals surface area (Å²) in [6, 6.07) is 12.1. The predicted molar refractivity (Wildman–Crippen MR) is 99.5 cm³/mol. The Bertz CT molecular complexity index is 850. The summed E-state index contributed by atoms with van der Waals surface area (Å²) in [6.45, 7) is 1.98. The number of ether oxygens (including phenoxy) is 3. The Morgan fingerprint density at radius 3 is 2.54 bits per heavy atom. The summed E-state index contributed by atoms with van der Waals surface area (Å²) >= 11 is 0. The summed E-state index contributed by atoms with van der Waals surface area (Å²) in [5.74, 6) is -0.554. The number of amides is 1. The van der Waals surface area contributed by atoms with Gasteiger partial charge in [0, 0.05) is 19.2 Å². The van der Waals surface area contributed by atoms with Crippen molar-refractivity contribution in [2.75, 3.05) is 6.61 Å². The van der Waals surface area contributed by atoms with Gasteiger partial charge in [-0.2, -0.15) is 0 Å². The summed E-state index contributed by atoms with van der Waals surface area (Å²) < 4.78 is 17.0. The highest BCUT2D eigenvalue weighted by Crippen LogP contribution is 2.30. The van der Waals surface area contributed by atoms with E-state index in [1.165, 1.54) is 13.8 Å². The van der Waals surface area contributed by atoms with E-state index < -0.39 is 49.1 Å². The van der Waals surface area contributed by atoms with Crippen molar-refractivity contribution in [3.8, 4) is 5.75 Å². The number of aliphatic hydroxyl groups excluding tert-OH is 2. The van der Waals surface area contributed by atoms with Crippen LogP contribution in [0.15, 0.2) is 42.5 Å². The molecule has 1 aliphatic rings. The Hall–Kier alpha value is -2.68. The predicted octanol–water partition coefficient (Wildman–Crippen LogP) is 0.733. The number of carbonyl (C=O) groups excluding carboxylic acids is 2. The monoisotopic (exact) mass is 389 g/mol. The van der Waals surface area contributed by atoms with Crippen molar-refractivity contribution in [3.05, 3.63) is 42.5 Å². The van der Waals surface area contributed by atoms with Crippen LogP contribution < -0.4 is 10.1 Å². The number of aliphatic hydroxyl groups is 2. The molecule has 1 aliphatic heterocycles. The normalized spacial score (nSPS) is 27.2. The van der Waals surface area contributed by atoms with E-state index in [-0.39, 0.29) is 0 Å². The minimum Gasteiger partial charge on any atom is -0.462 e. The number of rotatable bonds is 5. The van der Waals surface area contributed by atoms with E-state index in [0.717, 1.165) is 10.8 Å². The summed E-state index contributed by atoms with van der Waals surface area (Å²) in [6.07, 6.45) is -4.63. The lowest BCUT2D eigenvalue weighted by atomic mass is 9.96. The van der Waals surface area contributed by atoms with Crippen molar-refractivity contribution in [1.29, 1.82) is 0 Å². The largest absolute Gasteiger partial charge is 0.462 e. The van der Waals surface area contributed by atoms with Crippen LogP contribution >= 0.6 is 0 Å². The number of fused-ring (bicyclic) bond motifs is 1. The minimum absolute atomic E-state index is 0.410. The average molecular weight is 389 g/mol. The van der Waals surface area contributed by atoms with Gasteiger partial charge in [-0.05, 0) is 11.5 Å². The van der Waals surface area contributed by atoms with Gasteiger partial charge in [-0.3, -0.25) is 9.59 Å². The Morgan fingerprint density at radius 1 is 1.14 bits per heavy atom. The van der Waals surface area contributed by atoms with Crippen molar-refractivity contribution < 1.29 is 34.0 Å². The fourth-order valence-corrected chi connectivity index (χ4v) is 3.31. The Labute approximate surface area is 162 Å². The van der Waals surface area contributed by atoms with Gasteiger partial charge in [0.1, 0.15) is 24.0 Å². The first-order valence-electron chi connectivity index (χ1n) is 8.94. The molecule has 0 radical (unpaired) electrons. The van der Waals surface area contributed by atoms with Crippen LogP contribution in [-0.2, 0) is 19.1 Å². The molecule has 0 aliphatic carbocycles. The lowest BCUT2D eigenvalue weighted by molar-refractivity contribution is -0.249. The van der Waals surface area contributed by atoms with Gasteiger partial charge in [-0.25, -0.2) is 0 Å². The van der Waals surface area contributed by atoms with Gasteiger partial charge < -0.3 is 29.7 Å². The topological polar surface area (TPSA) is 114 Å². The van der Waals surface area contributed by atoms with Crippen LogP contribution in [0.1, 0.15) is 13.8 Å². The number of hydrogen-bond donors (Lipinski definition) is 3. The molecule has 0 aromatic heterocycles. The van der Waals surface area contributed by atoms with Gasteiger partial charge >= 0.3 is 5.97 Å². The lowest BCUT2D eigenvalue weighted by Gasteiger charge is -2.43. The molecule has 0 saturated carbocycles. The van der Waals surface area contributed by atoms with Crippen LogP contribution in [0.25, 0.3) is 10.8 Å². The molecule has 1 saturated heterocycles. The second kappa shape index (κ2) is 8.55. The fraction of sp³-hybridized carbons (Fsp3) is 0.400. The van der Waals surface area contributed by atoms with Gasteiger partial charge in [-0.15, -0.1) is 0 Å². The molecule has 3 rings (SSSR count). The molecule has 1 amide bonds. The van der Waals surface area contributed by atoms with E-state index in [4.69, 9.17) is 14.2 Å². The number of benzene rings is 2. The first kappa shape index (κ1) is 20.1. The quantitative estimate of drug-likeness (QED) is 0.646. The summed E-state index contributed by atoms with van der Waals surface area (Å²) in [7, 11) is 0. The van der Waals surface area contributed by atoms with Gasteiger partial charge in [0.15, 0.2) is 6.10 Å². The first-order chi connectivity index (χ1) is 13.4. The van der Waals surface area contributed by atoms with Crippen molar-refractivity contribution >= 4 is 22.6 Å². The minimum atomic E-state index is -1.34. The molecule has 1 fully saturated rings. The van der Waals surface area contributed by atoms with Crippen LogP contribution in [0.3, 0.4) is 0 Å². The molecule has 0 unspecified atom stereocenters. The maximum absolute atomic E-state index is 11.7. The number of hydrogen-bond acceptors (Lipinski definition) is 7. The number of esters is 1. The summed E-state index contributed by atoms with van der Waals surface area (Å²) in [4.78, 5) is 23.3. The molecule has 8 nitrogen and oxygen atoms in total. The molecule has 5 atom stereocenters. The van der Waals surface area contributed by atoms with Crippen LogP contribution in [0.4, 0.5) is 0 Å². The van der Waals surface area contributed by atoms with Crippen LogP contribution in [0, 0.1) is 0 Å². The zero-order chi connectivity index (χ0) is 20.3. The van der Waals surface area contributed by atoms with Gasteiger partial charge in [0.05, 0.1) is 6.61 Å². The standard InChI is InChI=1S/C20H23NO7/c1-11(23)21-17-19(26-12(2)24)18(25)16(10-22)28-20(17)27-15-9-5-7-13-6-3-4-8-14(13)15/h3-9,16-20,22,25H,10H2,1-2H3,(H,21,23)/t16-,17+,18-,19-,20-/m1/s1. The van der Waals surface area contributed by atoms with E-state index in [1.807, 2.05) is 36.4 Å². The van der Waals surface area contributed by atoms with E-state index >= 15 is 0 Å². The van der Waals surface area contributed by atoms with Crippen LogP contribution in [-0.4, -0.2) is 59.3 Å². The molecule has 150 valence electrons. The molecule has 1 heterocycles. The third-order valence-corrected chi connectivity index (χ3v) is 4.52. The Morgan fingerprint density at radius 2 is 1.86 bits per heavy atom. The SMILES string of the molecule is CC(=O)N[C@@H]1[C@H](Oc2cccc3ccccc23)O[C@H](CO)[C@@H](O)[C@@H]1OC(C)=O. The van der Waals surface area contributed by atoms with Gasteiger partial charge in [0.25, 0.3) is 0 Å². The highest BCUT2D eigenvalue weighted by Gasteiger charge is 2.48. The molecule has 0 bridgehead atoms. The Kier molecular flexibility index (Phi) is 6.13. The van der Waals surface area contributed by atoms with Crippen molar-refractivity contribution in [1.82, 2.24) is 5.32 Å². The highest BCUT2D eigenvalue weighted by atomic mass is 16.7. The van der Waals surface area contributed by atoms with E-state index in [0.29, 0.717) is 5.75 Å². The van der Waals surface area contributed by atoms with Crippen molar-refractivity contribution in [2.45, 2.75) is 44.5 Å². The third kappa shape index (κ3) is 4.24. The molecule has 0 spiro atoms. The Balaban J connectivity index is 1.96.